The first-order valence-electron chi connectivity index (χ1n) is 6.86. The molecule has 116 valence electrons. The van der Waals surface area contributed by atoms with Gasteiger partial charge in [-0.15, -0.1) is 0 Å². The minimum absolute atomic E-state index is 0.278. The van der Waals surface area contributed by atoms with Crippen molar-refractivity contribution in [2.75, 3.05) is 6.54 Å². The Morgan fingerprint density at radius 2 is 2.00 bits per heavy atom. The van der Waals surface area contributed by atoms with E-state index in [1.807, 2.05) is 0 Å². The highest BCUT2D eigenvalue weighted by Gasteiger charge is 2.21. The largest absolute Gasteiger partial charge is 0.480 e. The third-order valence-corrected chi connectivity index (χ3v) is 3.30. The van der Waals surface area contributed by atoms with Crippen molar-refractivity contribution >= 4 is 22.6 Å². The van der Waals surface area contributed by atoms with Crippen molar-refractivity contribution in [2.24, 2.45) is 0 Å². The van der Waals surface area contributed by atoms with Crippen molar-refractivity contribution in [1.29, 1.82) is 0 Å². The van der Waals surface area contributed by atoms with Gasteiger partial charge in [-0.2, -0.15) is 5.10 Å². The van der Waals surface area contributed by atoms with E-state index >= 15 is 0 Å². The molecule has 0 spiro atoms. The smallest absolute Gasteiger partial charge is 0.323 e. The Kier molecular flexibility index (Phi) is 4.55. The van der Waals surface area contributed by atoms with E-state index in [1.54, 1.807) is 38.1 Å². The molecule has 0 bridgehead atoms. The van der Waals surface area contributed by atoms with Crippen LogP contribution in [0.1, 0.15) is 13.8 Å². The van der Waals surface area contributed by atoms with E-state index in [4.69, 9.17) is 5.11 Å². The number of hydrogen-bond acceptors (Lipinski definition) is 4. The number of carboxylic acids is 1. The van der Waals surface area contributed by atoms with Crippen LogP contribution in [0.5, 0.6) is 0 Å². The minimum atomic E-state index is -1.10. The molecule has 0 atom stereocenters. The predicted molar refractivity (Wildman–Crippen MR) is 80.5 cm³/mol. The summed E-state index contributed by atoms with van der Waals surface area (Å²) < 4.78 is 1.06. The number of fused-ring (bicyclic) bond motifs is 1. The van der Waals surface area contributed by atoms with Crippen molar-refractivity contribution < 1.29 is 14.7 Å². The molecule has 1 heterocycles. The lowest BCUT2D eigenvalue weighted by atomic mass is 10.2. The summed E-state index contributed by atoms with van der Waals surface area (Å²) in [5.41, 5.74) is -0.370. The maximum absolute atomic E-state index is 12.3. The predicted octanol–water partition coefficient (Wildman–Crippen LogP) is 0.718. The summed E-state index contributed by atoms with van der Waals surface area (Å²) in [5.74, 6) is -1.55. The zero-order valence-electron chi connectivity index (χ0n) is 12.4. The standard InChI is InChI=1S/C15H17N3O4/c1-10(2)17(9-14(20)21)13(19)8-18-15(22)12-6-4-3-5-11(12)7-16-18/h3-7,10H,8-9H2,1-2H3,(H,20,21). The molecule has 0 saturated heterocycles. The van der Waals surface area contributed by atoms with Gasteiger partial charge in [-0.05, 0) is 19.9 Å². The molecule has 1 aromatic heterocycles. The van der Waals surface area contributed by atoms with Crippen LogP contribution in [0.25, 0.3) is 10.8 Å². The Labute approximate surface area is 126 Å². The van der Waals surface area contributed by atoms with Crippen LogP contribution in [0.4, 0.5) is 0 Å². The van der Waals surface area contributed by atoms with E-state index in [1.165, 1.54) is 11.1 Å². The number of aliphatic carboxylic acids is 1. The Morgan fingerprint density at radius 3 is 2.64 bits per heavy atom. The first-order valence-corrected chi connectivity index (χ1v) is 6.86. The van der Waals surface area contributed by atoms with Crippen molar-refractivity contribution in [3.8, 4) is 0 Å². The quantitative estimate of drug-likeness (QED) is 0.878. The second-order valence-electron chi connectivity index (χ2n) is 5.20. The van der Waals surface area contributed by atoms with Gasteiger partial charge in [-0.25, -0.2) is 4.68 Å². The van der Waals surface area contributed by atoms with Gasteiger partial charge in [0.05, 0.1) is 11.6 Å². The summed E-state index contributed by atoms with van der Waals surface area (Å²) in [6.07, 6.45) is 1.51. The number of carbonyl (C=O) groups is 2. The Morgan fingerprint density at radius 1 is 1.32 bits per heavy atom. The second-order valence-corrected chi connectivity index (χ2v) is 5.20. The number of benzene rings is 1. The van der Waals surface area contributed by atoms with Gasteiger partial charge in [-0.3, -0.25) is 14.4 Å². The Balaban J connectivity index is 2.29. The molecule has 0 saturated carbocycles. The third-order valence-electron chi connectivity index (χ3n) is 3.30. The number of nitrogens with zero attached hydrogens (tertiary/aromatic N) is 3. The van der Waals surface area contributed by atoms with Gasteiger partial charge in [0.25, 0.3) is 5.56 Å². The summed E-state index contributed by atoms with van der Waals surface area (Å²) in [5, 5.41) is 14.0. The van der Waals surface area contributed by atoms with E-state index in [2.05, 4.69) is 5.10 Å². The van der Waals surface area contributed by atoms with Crippen LogP contribution >= 0.6 is 0 Å². The highest BCUT2D eigenvalue weighted by molar-refractivity contribution is 5.83. The van der Waals surface area contributed by atoms with Crippen LogP contribution < -0.4 is 5.56 Å². The number of hydrogen-bond donors (Lipinski definition) is 1. The molecule has 0 aliphatic heterocycles. The van der Waals surface area contributed by atoms with Crippen LogP contribution in [-0.4, -0.2) is 44.3 Å². The molecule has 2 rings (SSSR count). The molecule has 0 unspecified atom stereocenters. The van der Waals surface area contributed by atoms with Crippen molar-refractivity contribution in [3.05, 3.63) is 40.8 Å². The second kappa shape index (κ2) is 6.38. The molecule has 2 aromatic rings. The van der Waals surface area contributed by atoms with Crippen molar-refractivity contribution in [2.45, 2.75) is 26.4 Å². The van der Waals surface area contributed by atoms with E-state index in [9.17, 15) is 14.4 Å². The van der Waals surface area contributed by atoms with Gasteiger partial charge < -0.3 is 10.0 Å². The molecule has 22 heavy (non-hydrogen) atoms. The maximum Gasteiger partial charge on any atom is 0.323 e. The first kappa shape index (κ1) is 15.7. The lowest BCUT2D eigenvalue weighted by molar-refractivity contribution is -0.146. The van der Waals surface area contributed by atoms with E-state index in [0.717, 1.165) is 4.68 Å². The fourth-order valence-electron chi connectivity index (χ4n) is 2.16. The van der Waals surface area contributed by atoms with E-state index < -0.39 is 18.4 Å². The molecule has 1 amide bonds. The van der Waals surface area contributed by atoms with Crippen LogP contribution in [0.15, 0.2) is 35.3 Å². The maximum atomic E-state index is 12.3. The highest BCUT2D eigenvalue weighted by Crippen LogP contribution is 2.07. The molecule has 0 aliphatic rings. The number of aromatic nitrogens is 2. The average Bonchev–Trinajstić information content (AvgIpc) is 2.47. The van der Waals surface area contributed by atoms with Gasteiger partial charge >= 0.3 is 5.97 Å². The van der Waals surface area contributed by atoms with Crippen LogP contribution in [0.2, 0.25) is 0 Å². The number of carboxylic acid groups (broad SMARTS) is 1. The zero-order chi connectivity index (χ0) is 16.3. The monoisotopic (exact) mass is 303 g/mol. The van der Waals surface area contributed by atoms with Gasteiger partial charge in [0, 0.05) is 11.4 Å². The molecule has 1 N–H and O–H groups in total. The SMILES string of the molecule is CC(C)N(CC(=O)O)C(=O)Cn1ncc2ccccc2c1=O. The van der Waals surface area contributed by atoms with E-state index in [0.29, 0.717) is 10.8 Å². The first-order chi connectivity index (χ1) is 10.4. The molecular weight excluding hydrogens is 286 g/mol. The highest BCUT2D eigenvalue weighted by atomic mass is 16.4. The molecule has 0 radical (unpaired) electrons. The normalized spacial score (nSPS) is 10.9. The fraction of sp³-hybridized carbons (Fsp3) is 0.333. The summed E-state index contributed by atoms with van der Waals surface area (Å²) in [6.45, 7) is 2.75. The summed E-state index contributed by atoms with van der Waals surface area (Å²) in [6, 6.07) is 6.69. The average molecular weight is 303 g/mol. The van der Waals surface area contributed by atoms with Gasteiger partial charge in [0.1, 0.15) is 13.1 Å². The third kappa shape index (κ3) is 3.30. The van der Waals surface area contributed by atoms with Crippen LogP contribution in [0, 0.1) is 0 Å². The number of carbonyl (C=O) groups excluding carboxylic acids is 1. The lowest BCUT2D eigenvalue weighted by Gasteiger charge is -2.24. The molecule has 0 fully saturated rings. The Bertz CT molecular complexity index is 767. The molecule has 0 aliphatic carbocycles. The van der Waals surface area contributed by atoms with Crippen molar-refractivity contribution in [3.63, 3.8) is 0 Å². The number of rotatable bonds is 5. The number of amides is 1. The van der Waals surface area contributed by atoms with Gasteiger partial charge in [0.2, 0.25) is 5.91 Å². The van der Waals surface area contributed by atoms with Gasteiger partial charge in [0.15, 0.2) is 0 Å². The van der Waals surface area contributed by atoms with Crippen LogP contribution in [0.3, 0.4) is 0 Å². The molecular formula is C15H17N3O4. The lowest BCUT2D eigenvalue weighted by Crippen LogP contribution is -2.44. The summed E-state index contributed by atoms with van der Waals surface area (Å²) in [7, 11) is 0. The Hall–Kier alpha value is -2.70. The van der Waals surface area contributed by atoms with Crippen molar-refractivity contribution in [1.82, 2.24) is 14.7 Å². The van der Waals surface area contributed by atoms with E-state index in [-0.39, 0.29) is 18.1 Å². The molecule has 1 aromatic carbocycles. The molecule has 7 heteroatoms. The van der Waals surface area contributed by atoms with Gasteiger partial charge in [-0.1, -0.05) is 18.2 Å². The van der Waals surface area contributed by atoms with Crippen LogP contribution in [-0.2, 0) is 16.1 Å². The topological polar surface area (TPSA) is 92.5 Å². The minimum Gasteiger partial charge on any atom is -0.480 e. The zero-order valence-corrected chi connectivity index (χ0v) is 12.4. The summed E-state index contributed by atoms with van der Waals surface area (Å²) in [4.78, 5) is 36.6. The molecule has 7 nitrogen and oxygen atoms in total. The summed E-state index contributed by atoms with van der Waals surface area (Å²) >= 11 is 0. The fourth-order valence-corrected chi connectivity index (χ4v) is 2.16.